The maximum atomic E-state index is 12.0. The van der Waals surface area contributed by atoms with Crippen LogP contribution in [-0.2, 0) is 9.53 Å². The Kier molecular flexibility index (Phi) is 12.2. The van der Waals surface area contributed by atoms with Gasteiger partial charge in [-0.15, -0.1) is 0 Å². The molecule has 0 spiro atoms. The van der Waals surface area contributed by atoms with Crippen molar-refractivity contribution in [3.8, 4) is 11.5 Å². The van der Waals surface area contributed by atoms with Crippen LogP contribution in [0.3, 0.4) is 0 Å². The van der Waals surface area contributed by atoms with E-state index in [2.05, 4.69) is 13.8 Å². The number of carbonyl (C=O) groups excluding carboxylic acids is 1. The summed E-state index contributed by atoms with van der Waals surface area (Å²) >= 11 is 0. The van der Waals surface area contributed by atoms with Crippen molar-refractivity contribution in [2.75, 3.05) is 13.2 Å². The molecule has 29 heavy (non-hydrogen) atoms. The van der Waals surface area contributed by atoms with Crippen LogP contribution in [0.25, 0.3) is 6.08 Å². The highest BCUT2D eigenvalue weighted by Crippen LogP contribution is 2.25. The zero-order chi connectivity index (χ0) is 21.5. The molecule has 0 N–H and O–H groups in total. The van der Waals surface area contributed by atoms with E-state index in [9.17, 15) is 4.79 Å². The van der Waals surface area contributed by atoms with Crippen LogP contribution < -0.4 is 9.47 Å². The van der Waals surface area contributed by atoms with E-state index in [1.165, 1.54) is 44.6 Å². The number of rotatable bonds is 14. The highest BCUT2D eigenvalue weighted by Gasteiger charge is 2.14. The zero-order valence-electron chi connectivity index (χ0n) is 19.1. The molecule has 164 valence electrons. The second-order valence-electron chi connectivity index (χ2n) is 8.42. The van der Waals surface area contributed by atoms with Crippen molar-refractivity contribution in [1.82, 2.24) is 0 Å². The minimum Gasteiger partial charge on any atom is -0.493 e. The highest BCUT2D eigenvalue weighted by atomic mass is 16.6. The van der Waals surface area contributed by atoms with Gasteiger partial charge in [-0.05, 0) is 57.4 Å². The normalized spacial score (nSPS) is 11.6. The lowest BCUT2D eigenvalue weighted by Gasteiger charge is -2.18. The van der Waals surface area contributed by atoms with Gasteiger partial charge in [0.05, 0.1) is 13.2 Å². The second kappa shape index (κ2) is 14.1. The number of benzene rings is 1. The molecule has 0 aliphatic rings. The number of hydrogen-bond donors (Lipinski definition) is 0. The summed E-state index contributed by atoms with van der Waals surface area (Å²) in [6.07, 6.45) is 12.5. The van der Waals surface area contributed by atoms with E-state index in [0.29, 0.717) is 13.2 Å². The van der Waals surface area contributed by atoms with Crippen molar-refractivity contribution >= 4 is 12.0 Å². The molecule has 0 amide bonds. The Bertz CT molecular complexity index is 581. The van der Waals surface area contributed by atoms with Gasteiger partial charge in [0.1, 0.15) is 17.1 Å². The minimum absolute atomic E-state index is 0.356. The molecule has 0 fully saturated rings. The quantitative estimate of drug-likeness (QED) is 0.191. The Morgan fingerprint density at radius 2 is 1.34 bits per heavy atom. The zero-order valence-corrected chi connectivity index (χ0v) is 19.1. The summed E-state index contributed by atoms with van der Waals surface area (Å²) in [5, 5.41) is 0. The number of esters is 1. The summed E-state index contributed by atoms with van der Waals surface area (Å²) in [6.45, 7) is 11.4. The summed E-state index contributed by atoms with van der Waals surface area (Å²) < 4.78 is 17.2. The van der Waals surface area contributed by atoms with Crippen molar-refractivity contribution in [2.45, 2.75) is 91.6 Å². The maximum absolute atomic E-state index is 12.0. The Labute approximate surface area is 177 Å². The molecule has 4 heteroatoms. The maximum Gasteiger partial charge on any atom is 0.331 e. The smallest absolute Gasteiger partial charge is 0.331 e. The van der Waals surface area contributed by atoms with Crippen molar-refractivity contribution in [3.05, 3.63) is 29.8 Å². The van der Waals surface area contributed by atoms with Gasteiger partial charge in [0, 0.05) is 12.1 Å². The molecule has 0 saturated carbocycles. The van der Waals surface area contributed by atoms with Crippen molar-refractivity contribution in [3.63, 3.8) is 0 Å². The lowest BCUT2D eigenvalue weighted by Crippen LogP contribution is -2.22. The van der Waals surface area contributed by atoms with Crippen LogP contribution in [-0.4, -0.2) is 24.8 Å². The summed E-state index contributed by atoms with van der Waals surface area (Å²) in [7, 11) is 0. The standard InChI is InChI=1S/C25H40O4/c1-6-8-10-12-16-27-22-18-21(14-15-24(26)29-25(3,4)5)19-23(20-22)28-17-13-11-9-7-2/h14-15,18-20H,6-13,16-17H2,1-5H3. The van der Waals surface area contributed by atoms with Gasteiger partial charge in [-0.1, -0.05) is 52.4 Å². The Morgan fingerprint density at radius 3 is 1.79 bits per heavy atom. The number of hydrogen-bond acceptors (Lipinski definition) is 4. The summed E-state index contributed by atoms with van der Waals surface area (Å²) in [5.41, 5.74) is 0.364. The predicted octanol–water partition coefficient (Wildman–Crippen LogP) is 6.96. The van der Waals surface area contributed by atoms with Crippen LogP contribution in [0.5, 0.6) is 11.5 Å². The van der Waals surface area contributed by atoms with Crippen LogP contribution in [0, 0.1) is 0 Å². The topological polar surface area (TPSA) is 44.8 Å². The van der Waals surface area contributed by atoms with Gasteiger partial charge in [-0.2, -0.15) is 0 Å². The van der Waals surface area contributed by atoms with Crippen LogP contribution in [0.15, 0.2) is 24.3 Å². The fourth-order valence-electron chi connectivity index (χ4n) is 2.79. The van der Waals surface area contributed by atoms with Crippen molar-refractivity contribution < 1.29 is 19.0 Å². The van der Waals surface area contributed by atoms with Crippen LogP contribution in [0.4, 0.5) is 0 Å². The van der Waals surface area contributed by atoms with Crippen LogP contribution in [0.2, 0.25) is 0 Å². The van der Waals surface area contributed by atoms with E-state index in [0.717, 1.165) is 29.9 Å². The molecule has 1 aromatic carbocycles. The van der Waals surface area contributed by atoms with Crippen LogP contribution in [0.1, 0.15) is 91.5 Å². The van der Waals surface area contributed by atoms with Gasteiger partial charge in [0.15, 0.2) is 0 Å². The molecule has 0 atom stereocenters. The van der Waals surface area contributed by atoms with E-state index in [-0.39, 0.29) is 5.97 Å². The van der Waals surface area contributed by atoms with E-state index in [1.54, 1.807) is 6.08 Å². The summed E-state index contributed by atoms with van der Waals surface area (Å²) in [5.74, 6) is 1.19. The minimum atomic E-state index is -0.502. The van der Waals surface area contributed by atoms with Gasteiger partial charge < -0.3 is 14.2 Å². The molecule has 0 saturated heterocycles. The third-order valence-corrected chi connectivity index (χ3v) is 4.25. The van der Waals surface area contributed by atoms with Crippen molar-refractivity contribution in [2.24, 2.45) is 0 Å². The molecule has 0 radical (unpaired) electrons. The average Bonchev–Trinajstić information content (AvgIpc) is 2.65. The second-order valence-corrected chi connectivity index (χ2v) is 8.42. The van der Waals surface area contributed by atoms with Crippen molar-refractivity contribution in [1.29, 1.82) is 0 Å². The van der Waals surface area contributed by atoms with Gasteiger partial charge in [0.25, 0.3) is 0 Å². The molecule has 0 bridgehead atoms. The largest absolute Gasteiger partial charge is 0.493 e. The van der Waals surface area contributed by atoms with E-state index >= 15 is 0 Å². The van der Waals surface area contributed by atoms with Gasteiger partial charge >= 0.3 is 5.97 Å². The summed E-state index contributed by atoms with van der Waals surface area (Å²) in [4.78, 5) is 12.0. The lowest BCUT2D eigenvalue weighted by molar-refractivity contribution is -0.148. The highest BCUT2D eigenvalue weighted by molar-refractivity contribution is 5.87. The monoisotopic (exact) mass is 404 g/mol. The molecular formula is C25H40O4. The molecular weight excluding hydrogens is 364 g/mol. The van der Waals surface area contributed by atoms with E-state index < -0.39 is 5.60 Å². The SMILES string of the molecule is CCCCCCOc1cc(C=CC(=O)OC(C)(C)C)cc(OCCCCCC)c1. The first kappa shape index (κ1) is 25.1. The van der Waals surface area contributed by atoms with Gasteiger partial charge in [-0.3, -0.25) is 0 Å². The van der Waals surface area contributed by atoms with Gasteiger partial charge in [-0.25, -0.2) is 4.79 Å². The molecule has 0 aliphatic carbocycles. The fraction of sp³-hybridized carbons (Fsp3) is 0.640. The lowest BCUT2D eigenvalue weighted by atomic mass is 10.1. The van der Waals surface area contributed by atoms with Gasteiger partial charge in [0.2, 0.25) is 0 Å². The molecule has 1 aromatic rings. The molecule has 1 rings (SSSR count). The molecule has 0 aromatic heterocycles. The third kappa shape index (κ3) is 13.0. The summed E-state index contributed by atoms with van der Waals surface area (Å²) in [6, 6.07) is 5.81. The van der Waals surface area contributed by atoms with E-state index in [1.807, 2.05) is 39.0 Å². The first-order chi connectivity index (χ1) is 13.8. The fourth-order valence-corrected chi connectivity index (χ4v) is 2.79. The molecule has 0 unspecified atom stereocenters. The number of carbonyl (C=O) groups is 1. The number of ether oxygens (including phenoxy) is 3. The van der Waals surface area contributed by atoms with E-state index in [4.69, 9.17) is 14.2 Å². The molecule has 0 heterocycles. The molecule has 0 aliphatic heterocycles. The van der Waals surface area contributed by atoms with Crippen LogP contribution >= 0.6 is 0 Å². The Morgan fingerprint density at radius 1 is 0.828 bits per heavy atom. The third-order valence-electron chi connectivity index (χ3n) is 4.25. The Balaban J connectivity index is 2.76. The Hall–Kier alpha value is -1.97. The molecule has 4 nitrogen and oxygen atoms in total. The average molecular weight is 405 g/mol. The predicted molar refractivity (Wildman–Crippen MR) is 121 cm³/mol. The first-order valence-electron chi connectivity index (χ1n) is 11.2. The first-order valence-corrected chi connectivity index (χ1v) is 11.2. The number of unbranched alkanes of at least 4 members (excludes halogenated alkanes) is 6.